The second-order valence-corrected chi connectivity index (χ2v) is 8.88. The van der Waals surface area contributed by atoms with Crippen LogP contribution in [0.15, 0.2) is 52.1 Å². The Morgan fingerprint density at radius 3 is 2.35 bits per heavy atom. The van der Waals surface area contributed by atoms with Crippen LogP contribution in [0, 0.1) is 0 Å². The van der Waals surface area contributed by atoms with Gasteiger partial charge in [-0.1, -0.05) is 36.4 Å². The summed E-state index contributed by atoms with van der Waals surface area (Å²) in [5.74, 6) is 0. The third-order valence-electron chi connectivity index (χ3n) is 4.20. The molecule has 4 nitrogen and oxygen atoms in total. The number of nitrogens with zero attached hydrogens (tertiary/aromatic N) is 2. The Labute approximate surface area is 142 Å². The minimum absolute atomic E-state index is 0.454. The Bertz CT molecular complexity index is 691. The average molecular weight is 351 g/mol. The van der Waals surface area contributed by atoms with E-state index in [0.717, 1.165) is 32.5 Å². The molecule has 1 aromatic heterocycles. The number of thiophene rings is 1. The summed E-state index contributed by atoms with van der Waals surface area (Å²) in [6.07, 6.45) is 2.19. The third-order valence-corrected chi connectivity index (χ3v) is 7.47. The van der Waals surface area contributed by atoms with Crippen molar-refractivity contribution in [2.24, 2.45) is 0 Å². The van der Waals surface area contributed by atoms with Crippen LogP contribution >= 0.6 is 11.3 Å². The van der Waals surface area contributed by atoms with Gasteiger partial charge >= 0.3 is 0 Å². The number of sulfonamides is 1. The fourth-order valence-electron chi connectivity index (χ4n) is 2.88. The van der Waals surface area contributed by atoms with Gasteiger partial charge in [-0.25, -0.2) is 8.42 Å². The first-order valence-corrected chi connectivity index (χ1v) is 10.3. The van der Waals surface area contributed by atoms with E-state index in [1.807, 2.05) is 11.4 Å². The minimum atomic E-state index is -3.28. The van der Waals surface area contributed by atoms with Crippen LogP contribution in [0.25, 0.3) is 0 Å². The van der Waals surface area contributed by atoms with Crippen molar-refractivity contribution in [3.05, 3.63) is 53.4 Å². The van der Waals surface area contributed by atoms with Crippen LogP contribution in [0.3, 0.4) is 0 Å². The van der Waals surface area contributed by atoms with E-state index in [4.69, 9.17) is 0 Å². The van der Waals surface area contributed by atoms with Crippen molar-refractivity contribution in [1.82, 2.24) is 9.21 Å². The Morgan fingerprint density at radius 1 is 0.957 bits per heavy atom. The van der Waals surface area contributed by atoms with Gasteiger partial charge in [0.15, 0.2) is 0 Å². The molecular formula is C17H22N2O2S2. The van der Waals surface area contributed by atoms with Gasteiger partial charge in [0.2, 0.25) is 0 Å². The lowest BCUT2D eigenvalue weighted by Gasteiger charge is -2.33. The molecule has 0 N–H and O–H groups in total. The van der Waals surface area contributed by atoms with E-state index in [9.17, 15) is 8.42 Å². The standard InChI is InChI=1S/C17H22N2O2S2/c20-23(21,17-9-5-15-22-17)19-13-11-18(12-14-19)10-4-8-16-6-2-1-3-7-16/h1-3,5-7,9,15H,4,8,10-14H2. The summed E-state index contributed by atoms with van der Waals surface area (Å²) in [5.41, 5.74) is 1.37. The molecule has 1 saturated heterocycles. The van der Waals surface area contributed by atoms with Crippen LogP contribution < -0.4 is 0 Å². The SMILES string of the molecule is O=S(=O)(c1cccs1)N1CCN(CCCc2ccccc2)CC1. The number of rotatable bonds is 6. The highest BCUT2D eigenvalue weighted by Gasteiger charge is 2.28. The zero-order chi connectivity index (χ0) is 16.1. The van der Waals surface area contributed by atoms with Crippen molar-refractivity contribution in [2.75, 3.05) is 32.7 Å². The van der Waals surface area contributed by atoms with E-state index in [1.54, 1.807) is 16.4 Å². The van der Waals surface area contributed by atoms with E-state index in [1.165, 1.54) is 16.9 Å². The first kappa shape index (κ1) is 16.6. The van der Waals surface area contributed by atoms with Crippen molar-refractivity contribution < 1.29 is 8.42 Å². The molecule has 0 unspecified atom stereocenters. The molecule has 0 saturated carbocycles. The second kappa shape index (κ2) is 7.57. The van der Waals surface area contributed by atoms with Gasteiger partial charge in [0, 0.05) is 26.2 Å². The Kier molecular flexibility index (Phi) is 5.48. The maximum absolute atomic E-state index is 12.5. The Hall–Kier alpha value is -1.21. The summed E-state index contributed by atoms with van der Waals surface area (Å²) in [7, 11) is -3.28. The Morgan fingerprint density at radius 2 is 1.70 bits per heavy atom. The fourth-order valence-corrected chi connectivity index (χ4v) is 5.45. The Balaban J connectivity index is 1.45. The van der Waals surface area contributed by atoms with Gasteiger partial charge in [-0.3, -0.25) is 0 Å². The number of benzene rings is 1. The van der Waals surface area contributed by atoms with Crippen molar-refractivity contribution >= 4 is 21.4 Å². The molecule has 0 atom stereocenters. The highest BCUT2D eigenvalue weighted by atomic mass is 32.2. The molecule has 0 spiro atoms. The second-order valence-electron chi connectivity index (χ2n) is 5.77. The van der Waals surface area contributed by atoms with E-state index in [2.05, 4.69) is 29.2 Å². The molecule has 1 aliphatic heterocycles. The lowest BCUT2D eigenvalue weighted by molar-refractivity contribution is 0.187. The van der Waals surface area contributed by atoms with Crippen molar-refractivity contribution in [1.29, 1.82) is 0 Å². The van der Waals surface area contributed by atoms with E-state index in [-0.39, 0.29) is 0 Å². The molecule has 3 rings (SSSR count). The summed E-state index contributed by atoms with van der Waals surface area (Å²) in [4.78, 5) is 2.36. The summed E-state index contributed by atoms with van der Waals surface area (Å²) >= 11 is 1.29. The predicted octanol–water partition coefficient (Wildman–Crippen LogP) is 2.69. The predicted molar refractivity (Wildman–Crippen MR) is 94.3 cm³/mol. The number of hydrogen-bond acceptors (Lipinski definition) is 4. The monoisotopic (exact) mass is 350 g/mol. The summed E-state index contributed by atoms with van der Waals surface area (Å²) in [6.45, 7) is 3.84. The zero-order valence-corrected chi connectivity index (χ0v) is 14.7. The molecule has 6 heteroatoms. The number of aryl methyl sites for hydroxylation is 1. The van der Waals surface area contributed by atoms with Crippen molar-refractivity contribution in [2.45, 2.75) is 17.1 Å². The van der Waals surface area contributed by atoms with Crippen LogP contribution in [0.4, 0.5) is 0 Å². The quantitative estimate of drug-likeness (QED) is 0.804. The van der Waals surface area contributed by atoms with Crippen LogP contribution in [-0.2, 0) is 16.4 Å². The molecule has 0 amide bonds. The lowest BCUT2D eigenvalue weighted by Crippen LogP contribution is -2.48. The molecule has 0 radical (unpaired) electrons. The number of piperazine rings is 1. The lowest BCUT2D eigenvalue weighted by atomic mass is 10.1. The van der Waals surface area contributed by atoms with Crippen LogP contribution in [0.2, 0.25) is 0 Å². The summed E-state index contributed by atoms with van der Waals surface area (Å²) in [6, 6.07) is 14.0. The molecule has 0 bridgehead atoms. The molecule has 124 valence electrons. The fraction of sp³-hybridized carbons (Fsp3) is 0.412. The van der Waals surface area contributed by atoms with Crippen LogP contribution in [0.1, 0.15) is 12.0 Å². The van der Waals surface area contributed by atoms with Gasteiger partial charge in [0.25, 0.3) is 10.0 Å². The average Bonchev–Trinajstić information content (AvgIpc) is 3.12. The molecule has 2 heterocycles. The normalized spacial score (nSPS) is 17.4. The first-order valence-electron chi connectivity index (χ1n) is 7.96. The highest BCUT2D eigenvalue weighted by Crippen LogP contribution is 2.22. The molecule has 23 heavy (non-hydrogen) atoms. The van der Waals surface area contributed by atoms with E-state index in [0.29, 0.717) is 17.3 Å². The van der Waals surface area contributed by atoms with Crippen LogP contribution in [0.5, 0.6) is 0 Å². The topological polar surface area (TPSA) is 40.6 Å². The largest absolute Gasteiger partial charge is 0.301 e. The van der Waals surface area contributed by atoms with Gasteiger partial charge in [-0.2, -0.15) is 4.31 Å². The van der Waals surface area contributed by atoms with Gasteiger partial charge < -0.3 is 4.90 Å². The summed E-state index contributed by atoms with van der Waals surface area (Å²) < 4.78 is 27.0. The smallest absolute Gasteiger partial charge is 0.252 e. The van der Waals surface area contributed by atoms with Gasteiger partial charge in [-0.05, 0) is 36.4 Å². The maximum atomic E-state index is 12.5. The number of hydrogen-bond donors (Lipinski definition) is 0. The van der Waals surface area contributed by atoms with Gasteiger partial charge in [0.1, 0.15) is 4.21 Å². The summed E-state index contributed by atoms with van der Waals surface area (Å²) in [5, 5.41) is 1.81. The third kappa shape index (κ3) is 4.20. The molecular weight excluding hydrogens is 328 g/mol. The molecule has 1 fully saturated rings. The molecule has 2 aromatic rings. The van der Waals surface area contributed by atoms with Crippen LogP contribution in [-0.4, -0.2) is 50.3 Å². The minimum Gasteiger partial charge on any atom is -0.301 e. The van der Waals surface area contributed by atoms with E-state index >= 15 is 0 Å². The zero-order valence-electron chi connectivity index (χ0n) is 13.1. The maximum Gasteiger partial charge on any atom is 0.252 e. The molecule has 1 aliphatic rings. The van der Waals surface area contributed by atoms with Crippen molar-refractivity contribution in [3.63, 3.8) is 0 Å². The molecule has 0 aliphatic carbocycles. The highest BCUT2D eigenvalue weighted by molar-refractivity contribution is 7.91. The first-order chi connectivity index (χ1) is 11.2. The van der Waals surface area contributed by atoms with E-state index < -0.39 is 10.0 Å². The van der Waals surface area contributed by atoms with Gasteiger partial charge in [-0.15, -0.1) is 11.3 Å². The molecule has 1 aromatic carbocycles. The van der Waals surface area contributed by atoms with Crippen molar-refractivity contribution in [3.8, 4) is 0 Å². The van der Waals surface area contributed by atoms with Gasteiger partial charge in [0.05, 0.1) is 0 Å².